The Morgan fingerprint density at radius 1 is 0.885 bits per heavy atom. The fraction of sp³-hybridized carbons (Fsp3) is 0.810. The molecule has 26 heavy (non-hydrogen) atoms. The van der Waals surface area contributed by atoms with Gasteiger partial charge in [0.1, 0.15) is 0 Å². The Morgan fingerprint density at radius 2 is 1.31 bits per heavy atom. The Morgan fingerprint density at radius 3 is 1.65 bits per heavy atom. The third-order valence-corrected chi connectivity index (χ3v) is 10.4. The van der Waals surface area contributed by atoms with Gasteiger partial charge in [-0.1, -0.05) is 0 Å². The number of unbranched alkanes of at least 4 members (excludes halogenated alkanes) is 3. The molecule has 0 aromatic heterocycles. The van der Waals surface area contributed by atoms with Gasteiger partial charge in [-0.05, 0) is 0 Å². The number of ether oxygens (including phenoxy) is 2. The second-order valence-corrected chi connectivity index (χ2v) is 12.1. The molecule has 0 rings (SSSR count). The van der Waals surface area contributed by atoms with Gasteiger partial charge in [0.25, 0.3) is 0 Å². The normalized spacial score (nSPS) is 11.9. The zero-order valence-corrected chi connectivity index (χ0v) is 20.3. The summed E-state index contributed by atoms with van der Waals surface area (Å²) in [4.78, 5) is 23.5. The van der Waals surface area contributed by atoms with E-state index in [1.54, 1.807) is 6.08 Å². The van der Waals surface area contributed by atoms with E-state index in [0.29, 0.717) is 3.43 Å². The van der Waals surface area contributed by atoms with Gasteiger partial charge in [-0.3, -0.25) is 0 Å². The summed E-state index contributed by atoms with van der Waals surface area (Å²) in [6.07, 6.45) is 15.4. The van der Waals surface area contributed by atoms with E-state index < -0.39 is 39.0 Å². The number of methoxy groups -OCH3 is 2. The van der Waals surface area contributed by atoms with Gasteiger partial charge in [-0.25, -0.2) is 0 Å². The van der Waals surface area contributed by atoms with E-state index in [1.807, 2.05) is 6.08 Å². The number of rotatable bonds is 15. The molecule has 5 heteroatoms. The number of allylic oxidation sites excluding steroid dienone is 1. The summed E-state index contributed by atoms with van der Waals surface area (Å²) in [5, 5.41) is 0. The van der Waals surface area contributed by atoms with Crippen molar-refractivity contribution in [1.82, 2.24) is 0 Å². The molecule has 0 saturated heterocycles. The van der Waals surface area contributed by atoms with E-state index in [4.69, 9.17) is 9.47 Å². The van der Waals surface area contributed by atoms with Crippen molar-refractivity contribution in [1.29, 1.82) is 0 Å². The first-order chi connectivity index (χ1) is 12.5. The van der Waals surface area contributed by atoms with Gasteiger partial charge in [0.15, 0.2) is 0 Å². The summed E-state index contributed by atoms with van der Waals surface area (Å²) < 4.78 is 11.0. The van der Waals surface area contributed by atoms with Gasteiger partial charge >= 0.3 is 171 Å². The van der Waals surface area contributed by atoms with Gasteiger partial charge in [-0.2, -0.15) is 0 Å². The molecule has 0 aliphatic rings. The summed E-state index contributed by atoms with van der Waals surface area (Å²) in [7, 11) is 2.60. The fourth-order valence-corrected chi connectivity index (χ4v) is 8.16. The molecule has 0 heterocycles. The first-order valence-electron chi connectivity index (χ1n) is 10.1. The molecular formula is C21H38O4Sn. The summed E-state index contributed by atoms with van der Waals surface area (Å²) >= 11 is -0.663. The number of carbonyl (C=O) groups excluding carboxylic acids is 2. The number of esters is 2. The topological polar surface area (TPSA) is 52.6 Å². The van der Waals surface area contributed by atoms with Crippen molar-refractivity contribution in [3.8, 4) is 0 Å². The summed E-state index contributed by atoms with van der Waals surface area (Å²) in [5.74, 6) is -2.03. The van der Waals surface area contributed by atoms with Crippen molar-refractivity contribution in [2.24, 2.45) is 5.92 Å². The predicted molar refractivity (Wildman–Crippen MR) is 108 cm³/mol. The molecule has 0 amide bonds. The third kappa shape index (κ3) is 9.98. The molecule has 0 saturated carbocycles. The second-order valence-electron chi connectivity index (χ2n) is 6.92. The molecule has 0 aromatic carbocycles. The van der Waals surface area contributed by atoms with Crippen LogP contribution in [-0.2, 0) is 19.1 Å². The van der Waals surface area contributed by atoms with Crippen LogP contribution in [0.1, 0.15) is 78.6 Å². The van der Waals surface area contributed by atoms with Crippen LogP contribution in [0.5, 0.6) is 0 Å². The van der Waals surface area contributed by atoms with Crippen LogP contribution < -0.4 is 0 Å². The summed E-state index contributed by atoms with van der Waals surface area (Å²) in [6, 6.07) is 0. The van der Waals surface area contributed by atoms with E-state index >= 15 is 0 Å². The predicted octanol–water partition coefficient (Wildman–Crippen LogP) is 5.36. The molecule has 2 radical (unpaired) electrons. The molecular weight excluding hydrogens is 435 g/mol. The van der Waals surface area contributed by atoms with E-state index in [1.165, 1.54) is 72.0 Å². The Hall–Kier alpha value is -0.521. The van der Waals surface area contributed by atoms with Gasteiger partial charge < -0.3 is 0 Å². The van der Waals surface area contributed by atoms with Crippen LogP contribution in [0.25, 0.3) is 0 Å². The molecule has 150 valence electrons. The first-order valence-corrected chi connectivity index (χ1v) is 13.5. The van der Waals surface area contributed by atoms with Crippen molar-refractivity contribution < 1.29 is 19.1 Å². The average molecular weight is 473 g/mol. The van der Waals surface area contributed by atoms with Crippen molar-refractivity contribution in [3.05, 3.63) is 12.2 Å². The molecule has 0 unspecified atom stereocenters. The zero-order valence-electron chi connectivity index (χ0n) is 17.4. The molecule has 0 spiro atoms. The maximum absolute atomic E-state index is 11.8. The van der Waals surface area contributed by atoms with Crippen molar-refractivity contribution >= 4 is 33.1 Å². The van der Waals surface area contributed by atoms with Gasteiger partial charge in [-0.15, -0.1) is 0 Å². The standard InChI is InChI=1S/C13H27.C8H11O4.Sn/c1-4-7-10-13(11-8-5-2)12-9-6-3;1-4-5-6(7(9)11-2)8(10)12-3;/h4-12H2,1-3H3;4-6H,1H2,2-3H3;/b;5-4+;. The Balaban J connectivity index is 5.00. The molecule has 0 aliphatic heterocycles. The van der Waals surface area contributed by atoms with Crippen LogP contribution in [0, 0.1) is 5.92 Å². The summed E-state index contributed by atoms with van der Waals surface area (Å²) in [6.45, 7) is 6.81. The Kier molecular flexibility index (Phi) is 15.2. The summed E-state index contributed by atoms with van der Waals surface area (Å²) in [5.41, 5.74) is 0. The maximum atomic E-state index is 11.8. The van der Waals surface area contributed by atoms with Crippen molar-refractivity contribution in [3.63, 3.8) is 0 Å². The van der Waals surface area contributed by atoms with E-state index in [-0.39, 0.29) is 0 Å². The molecule has 0 aromatic rings. The molecule has 0 fully saturated rings. The van der Waals surface area contributed by atoms with E-state index in [0.717, 1.165) is 4.44 Å². The van der Waals surface area contributed by atoms with Crippen LogP contribution in [0.3, 0.4) is 0 Å². The van der Waals surface area contributed by atoms with Gasteiger partial charge in [0.2, 0.25) is 0 Å². The fourth-order valence-electron chi connectivity index (χ4n) is 3.17. The van der Waals surface area contributed by atoms with Gasteiger partial charge in [0, 0.05) is 0 Å². The zero-order chi connectivity index (χ0) is 19.8. The number of hydrogen-bond donors (Lipinski definition) is 0. The molecule has 4 nitrogen and oxygen atoms in total. The van der Waals surface area contributed by atoms with Crippen molar-refractivity contribution in [2.45, 2.75) is 86.4 Å². The van der Waals surface area contributed by atoms with E-state index in [9.17, 15) is 9.59 Å². The monoisotopic (exact) mass is 474 g/mol. The Labute approximate surface area is 170 Å². The Bertz CT molecular complexity index is 382. The SMILES string of the molecule is CCCC[C](CCCC)(CCCC)[Sn][CH2]/C=C/C(C(=O)OC)C(=O)OC. The minimum atomic E-state index is -0.930. The van der Waals surface area contributed by atoms with Crippen LogP contribution in [0.4, 0.5) is 0 Å². The second kappa shape index (κ2) is 15.5. The minimum absolute atomic E-state index is 0.548. The van der Waals surface area contributed by atoms with Crippen molar-refractivity contribution in [2.75, 3.05) is 14.2 Å². The third-order valence-electron chi connectivity index (χ3n) is 4.86. The molecule has 0 N–H and O–H groups in total. The first kappa shape index (κ1) is 25.5. The molecule has 0 atom stereocenters. The quantitative estimate of drug-likeness (QED) is 0.139. The van der Waals surface area contributed by atoms with Gasteiger partial charge in [0.05, 0.1) is 0 Å². The molecule has 0 aliphatic carbocycles. The van der Waals surface area contributed by atoms with E-state index in [2.05, 4.69) is 20.8 Å². The van der Waals surface area contributed by atoms with Crippen LogP contribution in [0.2, 0.25) is 7.87 Å². The van der Waals surface area contributed by atoms with Crippen LogP contribution in [-0.4, -0.2) is 47.3 Å². The van der Waals surface area contributed by atoms with Crippen LogP contribution >= 0.6 is 0 Å². The van der Waals surface area contributed by atoms with Crippen LogP contribution in [0.15, 0.2) is 12.2 Å². The molecule has 0 bridgehead atoms. The average Bonchev–Trinajstić information content (AvgIpc) is 2.67. The number of carbonyl (C=O) groups is 2. The number of hydrogen-bond acceptors (Lipinski definition) is 4.